The molecule has 0 aromatic heterocycles. The Kier molecular flexibility index (Phi) is 6.96. The van der Waals surface area contributed by atoms with E-state index in [1.165, 1.54) is 0 Å². The molecule has 1 aromatic rings. The fraction of sp³-hybridized carbons (Fsp3) is 0.333. The van der Waals surface area contributed by atoms with Crippen molar-refractivity contribution in [1.82, 2.24) is 4.72 Å². The van der Waals surface area contributed by atoms with E-state index in [4.69, 9.17) is 17.3 Å². The van der Waals surface area contributed by atoms with Crippen LogP contribution in [0.5, 0.6) is 0 Å². The third-order valence-corrected chi connectivity index (χ3v) is 3.80. The molecule has 3 N–H and O–H groups in total. The van der Waals surface area contributed by atoms with Crippen molar-refractivity contribution in [1.29, 1.82) is 0 Å². The van der Waals surface area contributed by atoms with E-state index >= 15 is 0 Å². The second-order valence-corrected chi connectivity index (χ2v) is 5.26. The molecule has 98 valence electrons. The first-order chi connectivity index (χ1) is 7.47. The Morgan fingerprint density at radius 3 is 2.59 bits per heavy atom. The highest BCUT2D eigenvalue weighted by Gasteiger charge is 2.17. The third kappa shape index (κ3) is 4.77. The highest BCUT2D eigenvalue weighted by molar-refractivity contribution is 7.89. The molecule has 4 nitrogen and oxygen atoms in total. The van der Waals surface area contributed by atoms with E-state index in [-0.39, 0.29) is 28.9 Å². The third-order valence-electron chi connectivity index (χ3n) is 1.86. The van der Waals surface area contributed by atoms with E-state index in [2.05, 4.69) is 4.72 Å². The largest absolute Gasteiger partial charge is 0.330 e. The van der Waals surface area contributed by atoms with Crippen molar-refractivity contribution in [2.45, 2.75) is 11.3 Å². The van der Waals surface area contributed by atoms with Crippen LogP contribution in [0.15, 0.2) is 23.1 Å². The Balaban J connectivity index is 0.00000256. The zero-order valence-electron chi connectivity index (χ0n) is 8.82. The van der Waals surface area contributed by atoms with Crippen molar-refractivity contribution in [2.75, 3.05) is 13.1 Å². The summed E-state index contributed by atoms with van der Waals surface area (Å²) >= 11 is 5.64. The lowest BCUT2D eigenvalue weighted by Crippen LogP contribution is -2.26. The molecule has 1 aromatic carbocycles. The Morgan fingerprint density at radius 1 is 1.41 bits per heavy atom. The summed E-state index contributed by atoms with van der Waals surface area (Å²) < 4.78 is 38.4. The molecule has 0 saturated carbocycles. The van der Waals surface area contributed by atoms with Crippen LogP contribution < -0.4 is 10.5 Å². The van der Waals surface area contributed by atoms with E-state index in [9.17, 15) is 12.8 Å². The smallest absolute Gasteiger partial charge is 0.242 e. The van der Waals surface area contributed by atoms with E-state index in [0.29, 0.717) is 13.0 Å². The van der Waals surface area contributed by atoms with Crippen LogP contribution in [0.3, 0.4) is 0 Å². The predicted octanol–water partition coefficient (Wildman–Crippen LogP) is 1.53. The number of hydrogen-bond donors (Lipinski definition) is 2. The molecule has 0 heterocycles. The maximum Gasteiger partial charge on any atom is 0.242 e. The average Bonchev–Trinajstić information content (AvgIpc) is 2.17. The number of rotatable bonds is 5. The summed E-state index contributed by atoms with van der Waals surface area (Å²) in [6.07, 6.45) is 0.526. The van der Waals surface area contributed by atoms with Gasteiger partial charge in [0, 0.05) is 6.54 Å². The first-order valence-corrected chi connectivity index (χ1v) is 6.48. The van der Waals surface area contributed by atoms with Gasteiger partial charge in [-0.25, -0.2) is 17.5 Å². The van der Waals surface area contributed by atoms with Crippen molar-refractivity contribution in [3.8, 4) is 0 Å². The number of halogens is 3. The van der Waals surface area contributed by atoms with E-state index in [1.807, 2.05) is 0 Å². The summed E-state index contributed by atoms with van der Waals surface area (Å²) in [6.45, 7) is 0.617. The highest BCUT2D eigenvalue weighted by atomic mass is 35.5. The van der Waals surface area contributed by atoms with Crippen molar-refractivity contribution in [2.24, 2.45) is 5.73 Å². The Morgan fingerprint density at radius 2 is 2.06 bits per heavy atom. The summed E-state index contributed by atoms with van der Waals surface area (Å²) in [5.74, 6) is -0.578. The van der Waals surface area contributed by atoms with Crippen LogP contribution in [0.4, 0.5) is 4.39 Å². The number of sulfonamides is 1. The molecule has 0 fully saturated rings. The molecular weight excluding hydrogens is 290 g/mol. The molecule has 8 heteroatoms. The molecule has 1 rings (SSSR count). The molecule has 0 unspecified atom stereocenters. The lowest BCUT2D eigenvalue weighted by molar-refractivity contribution is 0.579. The van der Waals surface area contributed by atoms with Crippen molar-refractivity contribution >= 4 is 34.0 Å². The van der Waals surface area contributed by atoms with Crippen molar-refractivity contribution in [3.05, 3.63) is 29.0 Å². The van der Waals surface area contributed by atoms with Crippen molar-refractivity contribution < 1.29 is 12.8 Å². The maximum absolute atomic E-state index is 12.7. The van der Waals surface area contributed by atoms with Crippen LogP contribution in [0.2, 0.25) is 5.02 Å². The van der Waals surface area contributed by atoms with Gasteiger partial charge in [0.1, 0.15) is 10.7 Å². The lowest BCUT2D eigenvalue weighted by Gasteiger charge is -2.07. The van der Waals surface area contributed by atoms with Gasteiger partial charge in [-0.3, -0.25) is 0 Å². The minimum atomic E-state index is -3.68. The minimum Gasteiger partial charge on any atom is -0.330 e. The number of hydrogen-bond acceptors (Lipinski definition) is 3. The predicted molar refractivity (Wildman–Crippen MR) is 67.5 cm³/mol. The summed E-state index contributed by atoms with van der Waals surface area (Å²) in [6, 6.07) is 3.13. The molecule has 0 atom stereocenters. The molecule has 0 amide bonds. The second-order valence-electron chi connectivity index (χ2n) is 3.11. The van der Waals surface area contributed by atoms with Crippen LogP contribution in [-0.4, -0.2) is 21.5 Å². The number of benzene rings is 1. The fourth-order valence-electron chi connectivity index (χ4n) is 1.08. The topological polar surface area (TPSA) is 72.2 Å². The van der Waals surface area contributed by atoms with Gasteiger partial charge in [-0.05, 0) is 31.2 Å². The minimum absolute atomic E-state index is 0. The maximum atomic E-state index is 12.7. The lowest BCUT2D eigenvalue weighted by atomic mass is 10.3. The molecule has 0 radical (unpaired) electrons. The number of nitrogens with one attached hydrogen (secondary N) is 1. The zero-order chi connectivity index (χ0) is 12.2. The van der Waals surface area contributed by atoms with E-state index in [0.717, 1.165) is 18.2 Å². The van der Waals surface area contributed by atoms with Gasteiger partial charge in [0.25, 0.3) is 0 Å². The fourth-order valence-corrected chi connectivity index (χ4v) is 2.68. The summed E-state index contributed by atoms with van der Waals surface area (Å²) in [4.78, 5) is -0.132. The molecule has 0 aliphatic rings. The Hall–Kier alpha value is -0.400. The number of nitrogens with two attached hydrogens (primary N) is 1. The summed E-state index contributed by atoms with van der Waals surface area (Å²) in [5, 5.41) is -0.139. The van der Waals surface area contributed by atoms with Crippen molar-refractivity contribution in [3.63, 3.8) is 0 Å². The molecule has 0 aliphatic heterocycles. The summed E-state index contributed by atoms with van der Waals surface area (Å²) in [5.41, 5.74) is 5.24. The molecule has 0 spiro atoms. The van der Waals surface area contributed by atoms with E-state index < -0.39 is 15.8 Å². The van der Waals surface area contributed by atoms with Gasteiger partial charge in [0.05, 0.1) is 5.02 Å². The SMILES string of the molecule is Cl.NCCCNS(=O)(=O)c1ccc(F)cc1Cl. The van der Waals surface area contributed by atoms with Crippen LogP contribution >= 0.6 is 24.0 Å². The quantitative estimate of drug-likeness (QED) is 0.810. The van der Waals surface area contributed by atoms with Gasteiger partial charge in [0.15, 0.2) is 0 Å². The normalized spacial score (nSPS) is 11.0. The van der Waals surface area contributed by atoms with Gasteiger partial charge in [-0.15, -0.1) is 12.4 Å². The first kappa shape index (κ1) is 16.6. The summed E-state index contributed by atoms with van der Waals surface area (Å²) in [7, 11) is -3.68. The molecule has 0 bridgehead atoms. The monoisotopic (exact) mass is 302 g/mol. The zero-order valence-corrected chi connectivity index (χ0v) is 11.2. The Labute approximate surface area is 111 Å². The average molecular weight is 303 g/mol. The van der Waals surface area contributed by atoms with Crippen LogP contribution in [-0.2, 0) is 10.0 Å². The van der Waals surface area contributed by atoms with Gasteiger partial charge < -0.3 is 5.73 Å². The molecule has 0 saturated heterocycles. The van der Waals surface area contributed by atoms with Gasteiger partial charge >= 0.3 is 0 Å². The van der Waals surface area contributed by atoms with Gasteiger partial charge in [-0.2, -0.15) is 0 Å². The second kappa shape index (κ2) is 7.13. The molecule has 17 heavy (non-hydrogen) atoms. The van der Waals surface area contributed by atoms with Crippen LogP contribution in [0, 0.1) is 5.82 Å². The van der Waals surface area contributed by atoms with Crippen LogP contribution in [0.25, 0.3) is 0 Å². The standard InChI is InChI=1S/C9H12ClFN2O2S.ClH/c10-8-6-7(11)2-3-9(8)16(14,15)13-5-1-4-12;/h2-3,6,13H,1,4-5,12H2;1H. The first-order valence-electron chi connectivity index (χ1n) is 4.62. The highest BCUT2D eigenvalue weighted by Crippen LogP contribution is 2.21. The van der Waals surface area contributed by atoms with E-state index in [1.54, 1.807) is 0 Å². The van der Waals surface area contributed by atoms with Gasteiger partial charge in [-0.1, -0.05) is 11.6 Å². The molecule has 0 aliphatic carbocycles. The van der Waals surface area contributed by atoms with Gasteiger partial charge in [0.2, 0.25) is 10.0 Å². The van der Waals surface area contributed by atoms with Crippen LogP contribution in [0.1, 0.15) is 6.42 Å². The molecular formula is C9H13Cl2FN2O2S. The Bertz CT molecular complexity index is 468.